The lowest BCUT2D eigenvalue weighted by Gasteiger charge is -2.19. The molecule has 0 fully saturated rings. The van der Waals surface area contributed by atoms with Crippen LogP contribution >= 0.6 is 0 Å². The minimum absolute atomic E-state index is 0.155. The standard InChI is InChI=1S/C16H17N3O5/c1-18-15(21)4-5-19(16(18)22)10-14(20)17-9-11-2-3-12-13(8-11)24-7-6-23-12/h2-5,8H,6-7,9-10H2,1H3,(H,17,20). The van der Waals surface area contributed by atoms with Crippen molar-refractivity contribution in [2.45, 2.75) is 13.1 Å². The molecule has 2 aromatic rings. The minimum Gasteiger partial charge on any atom is -0.486 e. The van der Waals surface area contributed by atoms with E-state index in [1.54, 1.807) is 6.07 Å². The van der Waals surface area contributed by atoms with Crippen LogP contribution < -0.4 is 26.0 Å². The normalized spacial score (nSPS) is 12.7. The Labute approximate surface area is 137 Å². The highest BCUT2D eigenvalue weighted by Gasteiger charge is 2.12. The van der Waals surface area contributed by atoms with Gasteiger partial charge >= 0.3 is 5.69 Å². The van der Waals surface area contributed by atoms with E-state index in [-0.39, 0.29) is 12.5 Å². The average molecular weight is 331 g/mol. The Morgan fingerprint density at radius 1 is 1.17 bits per heavy atom. The molecule has 0 saturated heterocycles. The molecule has 3 rings (SSSR count). The minimum atomic E-state index is -0.531. The van der Waals surface area contributed by atoms with Crippen molar-refractivity contribution < 1.29 is 14.3 Å². The van der Waals surface area contributed by atoms with Gasteiger partial charge in [0.15, 0.2) is 11.5 Å². The number of hydrogen-bond acceptors (Lipinski definition) is 5. The predicted molar refractivity (Wildman–Crippen MR) is 85.2 cm³/mol. The quantitative estimate of drug-likeness (QED) is 0.826. The highest BCUT2D eigenvalue weighted by atomic mass is 16.6. The second-order valence-corrected chi connectivity index (χ2v) is 5.38. The number of rotatable bonds is 4. The van der Waals surface area contributed by atoms with E-state index < -0.39 is 11.2 Å². The molecule has 1 aromatic heterocycles. The Morgan fingerprint density at radius 2 is 1.92 bits per heavy atom. The van der Waals surface area contributed by atoms with Crippen LogP contribution in [0.3, 0.4) is 0 Å². The first-order valence-electron chi connectivity index (χ1n) is 7.46. The van der Waals surface area contributed by atoms with Gasteiger partial charge in [0.1, 0.15) is 19.8 Å². The zero-order valence-electron chi connectivity index (χ0n) is 13.2. The van der Waals surface area contributed by atoms with Gasteiger partial charge in [-0.1, -0.05) is 6.07 Å². The topological polar surface area (TPSA) is 91.6 Å². The molecule has 126 valence electrons. The molecule has 1 aliphatic heterocycles. The highest BCUT2D eigenvalue weighted by Crippen LogP contribution is 2.30. The summed E-state index contributed by atoms with van der Waals surface area (Å²) in [6, 6.07) is 6.70. The van der Waals surface area contributed by atoms with Crippen LogP contribution in [0.5, 0.6) is 11.5 Å². The molecule has 0 atom stereocenters. The third kappa shape index (κ3) is 3.32. The van der Waals surface area contributed by atoms with Crippen LogP contribution in [0.4, 0.5) is 0 Å². The third-order valence-electron chi connectivity index (χ3n) is 3.67. The largest absolute Gasteiger partial charge is 0.486 e. The first-order chi connectivity index (χ1) is 11.5. The van der Waals surface area contributed by atoms with E-state index in [9.17, 15) is 14.4 Å². The van der Waals surface area contributed by atoms with Gasteiger partial charge in [-0.25, -0.2) is 4.79 Å². The maximum atomic E-state index is 12.0. The van der Waals surface area contributed by atoms with Gasteiger partial charge in [-0.3, -0.25) is 18.7 Å². The summed E-state index contributed by atoms with van der Waals surface area (Å²) in [5, 5.41) is 2.73. The Bertz CT molecular complexity index is 884. The number of carbonyl (C=O) groups is 1. The van der Waals surface area contributed by atoms with Gasteiger partial charge in [0.05, 0.1) is 0 Å². The van der Waals surface area contributed by atoms with Crippen LogP contribution in [-0.4, -0.2) is 28.3 Å². The van der Waals surface area contributed by atoms with Crippen molar-refractivity contribution in [1.29, 1.82) is 0 Å². The number of aromatic nitrogens is 2. The molecule has 0 saturated carbocycles. The lowest BCUT2D eigenvalue weighted by molar-refractivity contribution is -0.121. The molecular weight excluding hydrogens is 314 g/mol. The SMILES string of the molecule is Cn1c(=O)ccn(CC(=O)NCc2ccc3c(c2)OCCO3)c1=O. The Hall–Kier alpha value is -3.03. The molecular formula is C16H17N3O5. The molecule has 1 N–H and O–H groups in total. The monoisotopic (exact) mass is 331 g/mol. The average Bonchev–Trinajstić information content (AvgIpc) is 2.60. The molecule has 0 unspecified atom stereocenters. The summed E-state index contributed by atoms with van der Waals surface area (Å²) in [5.41, 5.74) is -0.0784. The molecule has 24 heavy (non-hydrogen) atoms. The van der Waals surface area contributed by atoms with E-state index in [1.807, 2.05) is 12.1 Å². The first kappa shape index (κ1) is 15.9. The second kappa shape index (κ2) is 6.61. The second-order valence-electron chi connectivity index (χ2n) is 5.38. The van der Waals surface area contributed by atoms with Crippen molar-refractivity contribution in [3.05, 3.63) is 56.9 Å². The lowest BCUT2D eigenvalue weighted by Crippen LogP contribution is -2.40. The summed E-state index contributed by atoms with van der Waals surface area (Å²) in [6.07, 6.45) is 1.31. The summed E-state index contributed by atoms with van der Waals surface area (Å²) in [6.45, 7) is 1.17. The summed E-state index contributed by atoms with van der Waals surface area (Å²) in [4.78, 5) is 35.2. The van der Waals surface area contributed by atoms with Gasteiger partial charge in [0.2, 0.25) is 5.91 Å². The van der Waals surface area contributed by atoms with Gasteiger partial charge in [-0.2, -0.15) is 0 Å². The fourth-order valence-electron chi connectivity index (χ4n) is 2.35. The van der Waals surface area contributed by atoms with Gasteiger partial charge in [-0.05, 0) is 17.7 Å². The van der Waals surface area contributed by atoms with E-state index in [4.69, 9.17) is 9.47 Å². The summed E-state index contributed by atoms with van der Waals surface area (Å²) >= 11 is 0. The number of benzene rings is 1. The molecule has 8 heteroatoms. The van der Waals surface area contributed by atoms with Gasteiger partial charge < -0.3 is 14.8 Å². The van der Waals surface area contributed by atoms with Crippen molar-refractivity contribution in [2.24, 2.45) is 7.05 Å². The van der Waals surface area contributed by atoms with Gasteiger partial charge in [0.25, 0.3) is 5.56 Å². The number of nitrogens with zero attached hydrogens (tertiary/aromatic N) is 2. The van der Waals surface area contributed by atoms with Crippen LogP contribution in [-0.2, 0) is 24.9 Å². The van der Waals surface area contributed by atoms with Crippen LogP contribution in [0, 0.1) is 0 Å². The van der Waals surface area contributed by atoms with Crippen LogP contribution in [0.25, 0.3) is 0 Å². The first-order valence-corrected chi connectivity index (χ1v) is 7.46. The van der Waals surface area contributed by atoms with Crippen LogP contribution in [0.15, 0.2) is 40.1 Å². The molecule has 0 radical (unpaired) electrons. The fraction of sp³-hybridized carbons (Fsp3) is 0.312. The van der Waals surface area contributed by atoms with Crippen molar-refractivity contribution in [3.63, 3.8) is 0 Å². The van der Waals surface area contributed by atoms with Crippen LogP contribution in [0.1, 0.15) is 5.56 Å². The lowest BCUT2D eigenvalue weighted by atomic mass is 10.2. The zero-order valence-corrected chi connectivity index (χ0v) is 13.2. The smallest absolute Gasteiger partial charge is 0.331 e. The number of amides is 1. The van der Waals surface area contributed by atoms with E-state index in [2.05, 4.69) is 5.32 Å². The van der Waals surface area contributed by atoms with E-state index in [0.717, 1.165) is 10.1 Å². The van der Waals surface area contributed by atoms with Gasteiger partial charge in [0, 0.05) is 25.9 Å². The Kier molecular flexibility index (Phi) is 4.37. The number of ether oxygens (including phenoxy) is 2. The Morgan fingerprint density at radius 3 is 2.71 bits per heavy atom. The fourth-order valence-corrected chi connectivity index (χ4v) is 2.35. The molecule has 0 spiro atoms. The molecule has 2 heterocycles. The highest BCUT2D eigenvalue weighted by molar-refractivity contribution is 5.75. The zero-order chi connectivity index (χ0) is 17.1. The molecule has 8 nitrogen and oxygen atoms in total. The van der Waals surface area contributed by atoms with E-state index >= 15 is 0 Å². The van der Waals surface area contributed by atoms with Crippen molar-refractivity contribution in [1.82, 2.24) is 14.5 Å². The summed E-state index contributed by atoms with van der Waals surface area (Å²) in [7, 11) is 1.37. The summed E-state index contributed by atoms with van der Waals surface area (Å²) < 4.78 is 13.1. The molecule has 1 aromatic carbocycles. The molecule has 1 aliphatic rings. The van der Waals surface area contributed by atoms with E-state index in [1.165, 1.54) is 23.9 Å². The molecule has 0 bridgehead atoms. The Balaban J connectivity index is 1.63. The maximum absolute atomic E-state index is 12.0. The van der Waals surface area contributed by atoms with Crippen LogP contribution in [0.2, 0.25) is 0 Å². The van der Waals surface area contributed by atoms with E-state index in [0.29, 0.717) is 31.3 Å². The van der Waals surface area contributed by atoms with Crippen molar-refractivity contribution in [2.75, 3.05) is 13.2 Å². The number of nitrogens with one attached hydrogen (secondary N) is 1. The third-order valence-corrected chi connectivity index (χ3v) is 3.67. The van der Waals surface area contributed by atoms with Gasteiger partial charge in [-0.15, -0.1) is 0 Å². The molecule has 1 amide bonds. The maximum Gasteiger partial charge on any atom is 0.331 e. The summed E-state index contributed by atoms with van der Waals surface area (Å²) in [5.74, 6) is 1.01. The number of carbonyl (C=O) groups excluding carboxylic acids is 1. The predicted octanol–water partition coefficient (Wildman–Crippen LogP) is -0.365. The number of hydrogen-bond donors (Lipinski definition) is 1. The molecule has 0 aliphatic carbocycles. The van der Waals surface area contributed by atoms with Crippen molar-refractivity contribution in [3.8, 4) is 11.5 Å². The van der Waals surface area contributed by atoms with Crippen molar-refractivity contribution >= 4 is 5.91 Å². The number of fused-ring (bicyclic) bond motifs is 1.